The molecule has 1 unspecified atom stereocenters. The van der Waals surface area contributed by atoms with Crippen LogP contribution in [-0.4, -0.2) is 25.5 Å². The maximum absolute atomic E-state index is 12.2. The summed E-state index contributed by atoms with van der Waals surface area (Å²) in [4.78, 5) is 38.5. The largest absolute Gasteiger partial charge is 0.372 e. The fraction of sp³-hybridized carbons (Fsp3) is 0.308. The average molecular weight is 337 g/mol. The second-order valence-electron chi connectivity index (χ2n) is 4.52. The quantitative estimate of drug-likeness (QED) is 0.478. The average Bonchev–Trinajstić information content (AvgIpc) is 2.53. The molecule has 23 heavy (non-hydrogen) atoms. The van der Waals surface area contributed by atoms with Crippen molar-refractivity contribution in [3.63, 3.8) is 0 Å². The molecule has 0 aliphatic rings. The normalized spacial score (nSPS) is 11.0. The summed E-state index contributed by atoms with van der Waals surface area (Å²) in [5.74, 6) is 0.253. The minimum absolute atomic E-state index is 0.0424. The van der Waals surface area contributed by atoms with Crippen LogP contribution in [0.25, 0.3) is 0 Å². The van der Waals surface area contributed by atoms with E-state index in [1.165, 1.54) is 10.4 Å². The van der Waals surface area contributed by atoms with E-state index in [4.69, 9.17) is 0 Å². The van der Waals surface area contributed by atoms with Crippen LogP contribution in [0.4, 0.5) is 11.4 Å². The highest BCUT2D eigenvalue weighted by Gasteiger charge is 2.14. The second-order valence-corrected chi connectivity index (χ2v) is 5.42. The van der Waals surface area contributed by atoms with Crippen LogP contribution in [-0.2, 0) is 13.1 Å². The lowest BCUT2D eigenvalue weighted by Gasteiger charge is -2.13. The number of nitrogens with zero attached hydrogens (tertiary/aromatic N) is 4. The van der Waals surface area contributed by atoms with Gasteiger partial charge in [0.1, 0.15) is 11.5 Å². The lowest BCUT2D eigenvalue weighted by Crippen LogP contribution is -2.41. The standard InChI is InChI=1S/C13H16N5O4P/c1-3-16-12(19)15-11(17(23-2)13(16)20)8-14-9-6-4-5-7-10(9)18(21)22/h4-7,14,23H,3,8H2,1-2H3. The zero-order chi connectivity index (χ0) is 17.0. The zero-order valence-corrected chi connectivity index (χ0v) is 13.6. The summed E-state index contributed by atoms with van der Waals surface area (Å²) >= 11 is 0. The van der Waals surface area contributed by atoms with Gasteiger partial charge in [0.25, 0.3) is 5.69 Å². The number of aromatic nitrogens is 3. The Morgan fingerprint density at radius 3 is 2.65 bits per heavy atom. The number of rotatable bonds is 6. The van der Waals surface area contributed by atoms with Crippen molar-refractivity contribution in [2.24, 2.45) is 0 Å². The van der Waals surface area contributed by atoms with E-state index in [-0.39, 0.29) is 33.3 Å². The molecule has 0 spiro atoms. The Labute approximate surface area is 133 Å². The van der Waals surface area contributed by atoms with Crippen molar-refractivity contribution in [3.8, 4) is 0 Å². The van der Waals surface area contributed by atoms with Gasteiger partial charge in [0.15, 0.2) is 0 Å². The summed E-state index contributed by atoms with van der Waals surface area (Å²) in [5, 5.41) is 13.9. The molecule has 122 valence electrons. The van der Waals surface area contributed by atoms with Crippen LogP contribution in [0.1, 0.15) is 12.7 Å². The van der Waals surface area contributed by atoms with Gasteiger partial charge in [-0.1, -0.05) is 12.1 Å². The zero-order valence-electron chi connectivity index (χ0n) is 12.6. The topological polar surface area (TPSA) is 112 Å². The Bertz CT molecular complexity index is 845. The van der Waals surface area contributed by atoms with Crippen LogP contribution in [0, 0.1) is 10.1 Å². The molecule has 2 aromatic rings. The number of anilines is 1. The molecule has 0 radical (unpaired) electrons. The number of nitro benzene ring substituents is 1. The molecule has 1 atom stereocenters. The van der Waals surface area contributed by atoms with Crippen molar-refractivity contribution in [1.29, 1.82) is 0 Å². The molecule has 0 bridgehead atoms. The van der Waals surface area contributed by atoms with Gasteiger partial charge in [0.05, 0.1) is 11.5 Å². The molecule has 1 aromatic carbocycles. The first-order chi connectivity index (χ1) is 11.0. The molecule has 0 fully saturated rings. The van der Waals surface area contributed by atoms with Crippen molar-refractivity contribution in [1.82, 2.24) is 13.9 Å². The predicted molar refractivity (Wildman–Crippen MR) is 88.5 cm³/mol. The van der Waals surface area contributed by atoms with Crippen molar-refractivity contribution < 1.29 is 4.92 Å². The van der Waals surface area contributed by atoms with E-state index < -0.39 is 16.3 Å². The molecule has 1 aromatic heterocycles. The van der Waals surface area contributed by atoms with Gasteiger partial charge in [0, 0.05) is 12.6 Å². The Hall–Kier alpha value is -2.54. The van der Waals surface area contributed by atoms with Crippen LogP contribution in [0.3, 0.4) is 0 Å². The van der Waals surface area contributed by atoms with Gasteiger partial charge in [-0.25, -0.2) is 14.2 Å². The van der Waals surface area contributed by atoms with Crippen LogP contribution < -0.4 is 16.7 Å². The first kappa shape index (κ1) is 16.8. The maximum Gasteiger partial charge on any atom is 0.353 e. The molecule has 0 saturated carbocycles. The van der Waals surface area contributed by atoms with Gasteiger partial charge in [-0.3, -0.25) is 14.5 Å². The van der Waals surface area contributed by atoms with Crippen LogP contribution in [0.2, 0.25) is 0 Å². The van der Waals surface area contributed by atoms with Crippen molar-refractivity contribution in [2.75, 3.05) is 12.0 Å². The number of benzene rings is 1. The van der Waals surface area contributed by atoms with Gasteiger partial charge < -0.3 is 5.32 Å². The number of nitrogens with one attached hydrogen (secondary N) is 1. The van der Waals surface area contributed by atoms with E-state index in [1.54, 1.807) is 31.8 Å². The molecular weight excluding hydrogens is 321 g/mol. The molecule has 1 heterocycles. The Kier molecular flexibility index (Phi) is 5.23. The number of hydrogen-bond acceptors (Lipinski definition) is 6. The highest BCUT2D eigenvalue weighted by atomic mass is 31.1. The molecule has 0 aliphatic carbocycles. The monoisotopic (exact) mass is 337 g/mol. The highest BCUT2D eigenvalue weighted by molar-refractivity contribution is 7.35. The van der Waals surface area contributed by atoms with Gasteiger partial charge in [-0.2, -0.15) is 4.98 Å². The number of nitro groups is 1. The fourth-order valence-corrected chi connectivity index (χ4v) is 2.80. The minimum Gasteiger partial charge on any atom is -0.372 e. The van der Waals surface area contributed by atoms with Crippen molar-refractivity contribution >= 4 is 20.1 Å². The van der Waals surface area contributed by atoms with E-state index in [0.717, 1.165) is 4.57 Å². The van der Waals surface area contributed by atoms with E-state index in [9.17, 15) is 19.7 Å². The third kappa shape index (κ3) is 3.45. The first-order valence-electron chi connectivity index (χ1n) is 6.87. The summed E-state index contributed by atoms with van der Waals surface area (Å²) in [6.45, 7) is 3.77. The molecular formula is C13H16N5O4P. The number of para-hydroxylation sites is 2. The third-order valence-corrected chi connectivity index (χ3v) is 4.11. The predicted octanol–water partition coefficient (Wildman–Crippen LogP) is 1.02. The lowest BCUT2D eigenvalue weighted by molar-refractivity contribution is -0.384. The van der Waals surface area contributed by atoms with Crippen LogP contribution >= 0.6 is 8.73 Å². The number of hydrogen-bond donors (Lipinski definition) is 1. The van der Waals surface area contributed by atoms with E-state index in [1.807, 2.05) is 0 Å². The van der Waals surface area contributed by atoms with Crippen LogP contribution in [0.15, 0.2) is 33.9 Å². The fourth-order valence-electron chi connectivity index (χ4n) is 2.10. The Balaban J connectivity index is 2.37. The molecule has 0 saturated heterocycles. The van der Waals surface area contributed by atoms with E-state index in [0.29, 0.717) is 5.69 Å². The lowest BCUT2D eigenvalue weighted by atomic mass is 10.2. The van der Waals surface area contributed by atoms with Crippen LogP contribution in [0.5, 0.6) is 0 Å². The van der Waals surface area contributed by atoms with Crippen molar-refractivity contribution in [3.05, 3.63) is 61.2 Å². The summed E-state index contributed by atoms with van der Waals surface area (Å²) < 4.78 is 2.44. The third-order valence-electron chi connectivity index (χ3n) is 3.21. The van der Waals surface area contributed by atoms with Gasteiger partial charge in [-0.15, -0.1) is 0 Å². The van der Waals surface area contributed by atoms with Gasteiger partial charge in [-0.05, 0) is 28.4 Å². The van der Waals surface area contributed by atoms with Gasteiger partial charge >= 0.3 is 11.4 Å². The van der Waals surface area contributed by atoms with Crippen molar-refractivity contribution in [2.45, 2.75) is 20.0 Å². The molecule has 0 aliphatic heterocycles. The first-order valence-corrected chi connectivity index (χ1v) is 8.32. The maximum atomic E-state index is 12.2. The smallest absolute Gasteiger partial charge is 0.353 e. The molecule has 9 nitrogen and oxygen atoms in total. The molecule has 0 amide bonds. The minimum atomic E-state index is -0.619. The van der Waals surface area contributed by atoms with Gasteiger partial charge in [0.2, 0.25) is 0 Å². The van der Waals surface area contributed by atoms with E-state index in [2.05, 4.69) is 10.3 Å². The summed E-state index contributed by atoms with van der Waals surface area (Å²) in [6.07, 6.45) is 0. The van der Waals surface area contributed by atoms with E-state index >= 15 is 0 Å². The highest BCUT2D eigenvalue weighted by Crippen LogP contribution is 2.23. The molecule has 10 heteroatoms. The summed E-state index contributed by atoms with van der Waals surface area (Å²) in [5.41, 5.74) is -0.821. The second kappa shape index (κ2) is 7.15. The molecule has 2 rings (SSSR count). The summed E-state index contributed by atoms with van der Waals surface area (Å²) in [7, 11) is 0.0916. The SMILES string of the molecule is CCn1c(=O)nc(CNc2ccccc2[N+](=O)[O-])n(PC)c1=O. The Morgan fingerprint density at radius 2 is 2.04 bits per heavy atom. The Morgan fingerprint density at radius 1 is 1.35 bits per heavy atom. The molecule has 1 N–H and O–H groups in total. The summed E-state index contributed by atoms with van der Waals surface area (Å²) in [6, 6.07) is 6.15.